The largest absolute Gasteiger partial charge is 0.492 e. The first-order chi connectivity index (χ1) is 8.05. The van der Waals surface area contributed by atoms with Crippen LogP contribution in [0.15, 0.2) is 29.2 Å². The molecule has 94 valence electrons. The number of rotatable bonds is 4. The van der Waals surface area contributed by atoms with E-state index in [-0.39, 0.29) is 0 Å². The fourth-order valence-corrected chi connectivity index (χ4v) is 2.51. The molecule has 1 aliphatic rings. The Bertz CT molecular complexity index is 461. The Morgan fingerprint density at radius 3 is 2.59 bits per heavy atom. The third-order valence-corrected chi connectivity index (χ3v) is 3.99. The molecule has 1 saturated heterocycles. The molecule has 0 spiro atoms. The molecule has 2 rings (SSSR count). The van der Waals surface area contributed by atoms with Crippen molar-refractivity contribution >= 4 is 9.84 Å². The normalized spacial score (nSPS) is 20.4. The van der Waals surface area contributed by atoms with Crippen molar-refractivity contribution in [2.75, 3.05) is 19.4 Å². The Morgan fingerprint density at radius 2 is 2.06 bits per heavy atom. The van der Waals surface area contributed by atoms with Crippen molar-refractivity contribution in [3.05, 3.63) is 24.3 Å². The third-order valence-electron chi connectivity index (χ3n) is 2.87. The number of ether oxygens (including phenoxy) is 1. The number of benzene rings is 1. The summed E-state index contributed by atoms with van der Waals surface area (Å²) >= 11 is 0. The van der Waals surface area contributed by atoms with Crippen LogP contribution in [0.4, 0.5) is 0 Å². The Labute approximate surface area is 102 Å². The van der Waals surface area contributed by atoms with Gasteiger partial charge in [-0.2, -0.15) is 0 Å². The minimum absolute atomic E-state index is 0.323. The highest BCUT2D eigenvalue weighted by molar-refractivity contribution is 7.90. The van der Waals surface area contributed by atoms with E-state index in [1.54, 1.807) is 24.3 Å². The number of nitrogens with one attached hydrogen (secondary N) is 1. The van der Waals surface area contributed by atoms with Gasteiger partial charge in [0, 0.05) is 12.3 Å². The van der Waals surface area contributed by atoms with Gasteiger partial charge in [-0.25, -0.2) is 8.42 Å². The molecule has 0 aromatic heterocycles. The summed E-state index contributed by atoms with van der Waals surface area (Å²) in [5.41, 5.74) is 0. The molecule has 1 fully saturated rings. The predicted molar refractivity (Wildman–Crippen MR) is 66.1 cm³/mol. The molecule has 4 nitrogen and oxygen atoms in total. The minimum atomic E-state index is -3.12. The van der Waals surface area contributed by atoms with Crippen LogP contribution < -0.4 is 10.1 Å². The van der Waals surface area contributed by atoms with Crippen LogP contribution in [0.5, 0.6) is 5.75 Å². The van der Waals surface area contributed by atoms with Crippen LogP contribution in [0.25, 0.3) is 0 Å². The van der Waals surface area contributed by atoms with Crippen molar-refractivity contribution in [2.45, 2.75) is 23.8 Å². The van der Waals surface area contributed by atoms with E-state index in [9.17, 15) is 8.42 Å². The molecule has 5 heteroatoms. The van der Waals surface area contributed by atoms with Crippen molar-refractivity contribution < 1.29 is 13.2 Å². The van der Waals surface area contributed by atoms with Gasteiger partial charge in [0.15, 0.2) is 9.84 Å². The van der Waals surface area contributed by atoms with Crippen LogP contribution in [0.3, 0.4) is 0 Å². The van der Waals surface area contributed by atoms with Gasteiger partial charge in [0.2, 0.25) is 0 Å². The standard InChI is InChI=1S/C12H17NO3S/c1-17(14,15)12-6-4-11(5-7-12)16-9-10-3-2-8-13-10/h4-7,10,13H,2-3,8-9H2,1H3. The monoisotopic (exact) mass is 255 g/mol. The maximum absolute atomic E-state index is 11.3. The summed E-state index contributed by atoms with van der Waals surface area (Å²) in [6, 6.07) is 6.97. The molecule has 0 aliphatic carbocycles. The molecule has 0 radical (unpaired) electrons. The molecule has 1 atom stereocenters. The minimum Gasteiger partial charge on any atom is -0.492 e. The lowest BCUT2D eigenvalue weighted by Crippen LogP contribution is -2.28. The summed E-state index contributed by atoms with van der Waals surface area (Å²) < 4.78 is 28.1. The van der Waals surface area contributed by atoms with Gasteiger partial charge in [0.25, 0.3) is 0 Å². The summed E-state index contributed by atoms with van der Waals surface area (Å²) in [6.07, 6.45) is 3.54. The van der Waals surface area contributed by atoms with Crippen LogP contribution in [0.1, 0.15) is 12.8 Å². The van der Waals surface area contributed by atoms with E-state index in [0.717, 1.165) is 13.0 Å². The Morgan fingerprint density at radius 1 is 1.35 bits per heavy atom. The molecule has 1 aromatic carbocycles. The van der Waals surface area contributed by atoms with Gasteiger partial charge in [-0.3, -0.25) is 0 Å². The summed E-state index contributed by atoms with van der Waals surface area (Å²) in [6.45, 7) is 1.69. The van der Waals surface area contributed by atoms with Gasteiger partial charge in [-0.1, -0.05) is 0 Å². The highest BCUT2D eigenvalue weighted by Crippen LogP contribution is 2.16. The molecular formula is C12H17NO3S. The summed E-state index contributed by atoms with van der Waals surface area (Å²) in [5, 5.41) is 3.34. The zero-order chi connectivity index (χ0) is 12.3. The molecule has 0 amide bonds. The van der Waals surface area contributed by atoms with Gasteiger partial charge in [-0.15, -0.1) is 0 Å². The van der Waals surface area contributed by atoms with Gasteiger partial charge in [0.1, 0.15) is 12.4 Å². The molecule has 0 bridgehead atoms. The van der Waals surface area contributed by atoms with E-state index >= 15 is 0 Å². The van der Waals surface area contributed by atoms with Crippen molar-refractivity contribution in [2.24, 2.45) is 0 Å². The van der Waals surface area contributed by atoms with Crippen LogP contribution in [0, 0.1) is 0 Å². The second kappa shape index (κ2) is 5.06. The molecule has 0 saturated carbocycles. The first-order valence-corrected chi connectivity index (χ1v) is 7.61. The fourth-order valence-electron chi connectivity index (χ4n) is 1.88. The number of hydrogen-bond donors (Lipinski definition) is 1. The average Bonchev–Trinajstić information content (AvgIpc) is 2.78. The van der Waals surface area contributed by atoms with E-state index in [4.69, 9.17) is 4.74 Å². The first kappa shape index (κ1) is 12.4. The highest BCUT2D eigenvalue weighted by atomic mass is 32.2. The smallest absolute Gasteiger partial charge is 0.175 e. The Kier molecular flexibility index (Phi) is 3.69. The Hall–Kier alpha value is -1.07. The van der Waals surface area contributed by atoms with E-state index in [2.05, 4.69) is 5.32 Å². The Balaban J connectivity index is 1.94. The molecule has 1 N–H and O–H groups in total. The predicted octanol–water partition coefficient (Wildman–Crippen LogP) is 1.22. The lowest BCUT2D eigenvalue weighted by atomic mass is 10.2. The van der Waals surface area contributed by atoms with Gasteiger partial charge in [0.05, 0.1) is 4.90 Å². The topological polar surface area (TPSA) is 55.4 Å². The number of sulfone groups is 1. The van der Waals surface area contributed by atoms with Crippen molar-refractivity contribution in [1.29, 1.82) is 0 Å². The van der Waals surface area contributed by atoms with Crippen LogP contribution in [-0.2, 0) is 9.84 Å². The van der Waals surface area contributed by atoms with Crippen LogP contribution in [-0.4, -0.2) is 33.9 Å². The van der Waals surface area contributed by atoms with E-state index in [0.29, 0.717) is 23.3 Å². The molecule has 1 unspecified atom stereocenters. The third kappa shape index (κ3) is 3.44. The first-order valence-electron chi connectivity index (χ1n) is 5.72. The second-order valence-corrected chi connectivity index (χ2v) is 6.36. The zero-order valence-corrected chi connectivity index (χ0v) is 10.7. The quantitative estimate of drug-likeness (QED) is 0.879. The highest BCUT2D eigenvalue weighted by Gasteiger charge is 2.14. The zero-order valence-electron chi connectivity index (χ0n) is 9.85. The molecular weight excluding hydrogens is 238 g/mol. The molecule has 1 aliphatic heterocycles. The van der Waals surface area contributed by atoms with E-state index in [1.165, 1.54) is 12.7 Å². The molecule has 1 heterocycles. The van der Waals surface area contributed by atoms with Crippen molar-refractivity contribution in [1.82, 2.24) is 5.32 Å². The van der Waals surface area contributed by atoms with Gasteiger partial charge >= 0.3 is 0 Å². The number of hydrogen-bond acceptors (Lipinski definition) is 4. The van der Waals surface area contributed by atoms with Crippen LogP contribution in [0.2, 0.25) is 0 Å². The maximum Gasteiger partial charge on any atom is 0.175 e. The van der Waals surface area contributed by atoms with Gasteiger partial charge < -0.3 is 10.1 Å². The van der Waals surface area contributed by atoms with E-state index in [1.807, 2.05) is 0 Å². The van der Waals surface area contributed by atoms with Crippen molar-refractivity contribution in [3.8, 4) is 5.75 Å². The van der Waals surface area contributed by atoms with E-state index < -0.39 is 9.84 Å². The maximum atomic E-state index is 11.3. The summed E-state index contributed by atoms with van der Waals surface area (Å²) in [7, 11) is -3.12. The second-order valence-electron chi connectivity index (χ2n) is 4.35. The lowest BCUT2D eigenvalue weighted by Gasteiger charge is -2.12. The van der Waals surface area contributed by atoms with Crippen LogP contribution >= 0.6 is 0 Å². The van der Waals surface area contributed by atoms with Gasteiger partial charge in [-0.05, 0) is 43.7 Å². The molecule has 1 aromatic rings. The fraction of sp³-hybridized carbons (Fsp3) is 0.500. The summed E-state index contributed by atoms with van der Waals surface area (Å²) in [4.78, 5) is 0.323. The van der Waals surface area contributed by atoms with Crippen molar-refractivity contribution in [3.63, 3.8) is 0 Å². The average molecular weight is 255 g/mol. The summed E-state index contributed by atoms with van der Waals surface area (Å²) in [5.74, 6) is 0.714. The lowest BCUT2D eigenvalue weighted by molar-refractivity contribution is 0.277. The molecule has 17 heavy (non-hydrogen) atoms. The SMILES string of the molecule is CS(=O)(=O)c1ccc(OCC2CCCN2)cc1.